The third-order valence-corrected chi connectivity index (χ3v) is 4.21. The van der Waals surface area contributed by atoms with E-state index in [2.05, 4.69) is 15.2 Å². The largest absolute Gasteiger partial charge is 0.481 e. The summed E-state index contributed by atoms with van der Waals surface area (Å²) < 4.78 is 1.72. The Hall–Kier alpha value is -1.92. The van der Waals surface area contributed by atoms with E-state index in [1.165, 1.54) is 0 Å². The van der Waals surface area contributed by atoms with Crippen molar-refractivity contribution in [1.29, 1.82) is 0 Å². The van der Waals surface area contributed by atoms with Gasteiger partial charge in [-0.1, -0.05) is 16.8 Å². The second-order valence-electron chi connectivity index (χ2n) is 5.52. The molecule has 2 aromatic rings. The number of hydrogen-bond donors (Lipinski definition) is 1. The molecule has 7 heteroatoms. The van der Waals surface area contributed by atoms with Gasteiger partial charge in [0.15, 0.2) is 0 Å². The van der Waals surface area contributed by atoms with Gasteiger partial charge in [0.1, 0.15) is 0 Å². The van der Waals surface area contributed by atoms with Crippen LogP contribution in [0.1, 0.15) is 18.5 Å². The maximum Gasteiger partial charge on any atom is 0.306 e. The van der Waals surface area contributed by atoms with E-state index in [0.717, 1.165) is 24.5 Å². The highest BCUT2D eigenvalue weighted by Crippen LogP contribution is 2.19. The van der Waals surface area contributed by atoms with Gasteiger partial charge in [-0.3, -0.25) is 9.69 Å². The minimum absolute atomic E-state index is 0.207. The molecule has 1 fully saturated rings. The van der Waals surface area contributed by atoms with Gasteiger partial charge in [0.05, 0.1) is 23.5 Å². The molecule has 1 aliphatic heterocycles. The molecule has 0 unspecified atom stereocenters. The van der Waals surface area contributed by atoms with Crippen molar-refractivity contribution in [3.63, 3.8) is 0 Å². The van der Waals surface area contributed by atoms with Gasteiger partial charge in [-0.15, -0.1) is 5.10 Å². The molecule has 0 bridgehead atoms. The Morgan fingerprint density at radius 2 is 1.95 bits per heavy atom. The van der Waals surface area contributed by atoms with Crippen LogP contribution in [0.3, 0.4) is 0 Å². The molecule has 6 nitrogen and oxygen atoms in total. The molecule has 116 valence electrons. The Bertz CT molecular complexity index is 648. The second kappa shape index (κ2) is 6.46. The topological polar surface area (TPSA) is 71.2 Å². The molecule has 1 aliphatic rings. The number of piperidine rings is 1. The molecular weight excluding hydrogens is 304 g/mol. The number of benzene rings is 1. The van der Waals surface area contributed by atoms with Crippen LogP contribution in [0.15, 0.2) is 30.5 Å². The van der Waals surface area contributed by atoms with Gasteiger partial charge in [-0.05, 0) is 50.2 Å². The van der Waals surface area contributed by atoms with Crippen LogP contribution in [0.4, 0.5) is 0 Å². The maximum absolute atomic E-state index is 10.9. The zero-order valence-corrected chi connectivity index (χ0v) is 12.8. The van der Waals surface area contributed by atoms with E-state index in [1.807, 2.05) is 30.5 Å². The Morgan fingerprint density at radius 1 is 1.27 bits per heavy atom. The van der Waals surface area contributed by atoms with Gasteiger partial charge in [0.2, 0.25) is 0 Å². The lowest BCUT2D eigenvalue weighted by Crippen LogP contribution is -2.35. The number of aliphatic carboxylic acids is 1. The van der Waals surface area contributed by atoms with Crippen molar-refractivity contribution in [3.05, 3.63) is 41.2 Å². The summed E-state index contributed by atoms with van der Waals surface area (Å²) in [5.41, 5.74) is 1.79. The monoisotopic (exact) mass is 320 g/mol. The lowest BCUT2D eigenvalue weighted by molar-refractivity contribution is -0.143. The van der Waals surface area contributed by atoms with Crippen molar-refractivity contribution in [2.24, 2.45) is 5.92 Å². The van der Waals surface area contributed by atoms with Crippen molar-refractivity contribution in [3.8, 4) is 5.69 Å². The number of hydrogen-bond acceptors (Lipinski definition) is 4. The molecule has 1 saturated heterocycles. The number of carboxylic acid groups (broad SMARTS) is 1. The van der Waals surface area contributed by atoms with Crippen LogP contribution in [0.2, 0.25) is 5.02 Å². The van der Waals surface area contributed by atoms with E-state index in [0.29, 0.717) is 24.4 Å². The maximum atomic E-state index is 10.9. The van der Waals surface area contributed by atoms with Gasteiger partial charge in [-0.2, -0.15) is 0 Å². The SMILES string of the molecule is O=C(O)C1CCN(Cc2cn(-c3ccc(Cl)cc3)nn2)CC1. The Labute approximate surface area is 133 Å². The average Bonchev–Trinajstić information content (AvgIpc) is 2.97. The molecule has 0 spiro atoms. The molecule has 0 saturated carbocycles. The summed E-state index contributed by atoms with van der Waals surface area (Å²) in [5.74, 6) is -0.894. The van der Waals surface area contributed by atoms with E-state index in [1.54, 1.807) is 4.68 Å². The van der Waals surface area contributed by atoms with Crippen LogP contribution >= 0.6 is 11.6 Å². The number of halogens is 1. The highest BCUT2D eigenvalue weighted by molar-refractivity contribution is 6.30. The van der Waals surface area contributed by atoms with Crippen molar-refractivity contribution >= 4 is 17.6 Å². The molecular formula is C15H17ClN4O2. The highest BCUT2D eigenvalue weighted by atomic mass is 35.5. The molecule has 1 N–H and O–H groups in total. The zero-order valence-electron chi connectivity index (χ0n) is 12.0. The molecule has 0 atom stereocenters. The van der Waals surface area contributed by atoms with E-state index in [4.69, 9.17) is 16.7 Å². The Kier molecular flexibility index (Phi) is 4.40. The zero-order chi connectivity index (χ0) is 15.5. The first kappa shape index (κ1) is 15.0. The van der Waals surface area contributed by atoms with E-state index in [-0.39, 0.29) is 5.92 Å². The first-order chi connectivity index (χ1) is 10.6. The van der Waals surface area contributed by atoms with Crippen LogP contribution in [-0.2, 0) is 11.3 Å². The van der Waals surface area contributed by atoms with Crippen molar-refractivity contribution < 1.29 is 9.90 Å². The Balaban J connectivity index is 1.60. The fourth-order valence-electron chi connectivity index (χ4n) is 2.66. The molecule has 1 aromatic carbocycles. The minimum atomic E-state index is -0.687. The molecule has 1 aromatic heterocycles. The summed E-state index contributed by atoms with van der Waals surface area (Å²) in [6.45, 7) is 2.26. The van der Waals surface area contributed by atoms with Crippen LogP contribution < -0.4 is 0 Å². The molecule has 0 radical (unpaired) electrons. The Morgan fingerprint density at radius 3 is 2.59 bits per heavy atom. The predicted octanol–water partition coefficient (Wildman–Crippen LogP) is 2.22. The lowest BCUT2D eigenvalue weighted by Gasteiger charge is -2.29. The lowest BCUT2D eigenvalue weighted by atomic mass is 9.97. The van der Waals surface area contributed by atoms with Crippen LogP contribution in [0.5, 0.6) is 0 Å². The minimum Gasteiger partial charge on any atom is -0.481 e. The highest BCUT2D eigenvalue weighted by Gasteiger charge is 2.24. The molecule has 22 heavy (non-hydrogen) atoms. The number of nitrogens with zero attached hydrogens (tertiary/aromatic N) is 4. The van der Waals surface area contributed by atoms with E-state index >= 15 is 0 Å². The summed E-state index contributed by atoms with van der Waals surface area (Å²) in [6.07, 6.45) is 3.29. The normalized spacial score (nSPS) is 16.8. The van der Waals surface area contributed by atoms with Crippen molar-refractivity contribution in [2.45, 2.75) is 19.4 Å². The predicted molar refractivity (Wildman–Crippen MR) is 82.0 cm³/mol. The fourth-order valence-corrected chi connectivity index (χ4v) is 2.78. The summed E-state index contributed by atoms with van der Waals surface area (Å²) in [6, 6.07) is 7.40. The summed E-state index contributed by atoms with van der Waals surface area (Å²) in [4.78, 5) is 13.2. The van der Waals surface area contributed by atoms with Crippen LogP contribution in [-0.4, -0.2) is 44.1 Å². The van der Waals surface area contributed by atoms with Crippen LogP contribution in [0.25, 0.3) is 5.69 Å². The quantitative estimate of drug-likeness (QED) is 0.935. The molecule has 2 heterocycles. The summed E-state index contributed by atoms with van der Waals surface area (Å²) in [7, 11) is 0. The van der Waals surface area contributed by atoms with E-state index < -0.39 is 5.97 Å². The number of rotatable bonds is 4. The van der Waals surface area contributed by atoms with Gasteiger partial charge >= 0.3 is 5.97 Å². The van der Waals surface area contributed by atoms with Crippen LogP contribution in [0, 0.1) is 5.92 Å². The molecule has 3 rings (SSSR count). The van der Waals surface area contributed by atoms with Crippen molar-refractivity contribution in [2.75, 3.05) is 13.1 Å². The smallest absolute Gasteiger partial charge is 0.306 e. The third kappa shape index (κ3) is 3.45. The number of likely N-dealkylation sites (tertiary alicyclic amines) is 1. The average molecular weight is 321 g/mol. The number of aromatic nitrogens is 3. The molecule has 0 aliphatic carbocycles. The summed E-state index contributed by atoms with van der Waals surface area (Å²) in [5, 5.41) is 18.0. The number of carbonyl (C=O) groups is 1. The van der Waals surface area contributed by atoms with Gasteiger partial charge in [-0.25, -0.2) is 4.68 Å². The second-order valence-corrected chi connectivity index (χ2v) is 5.96. The standard InChI is InChI=1S/C15H17ClN4O2/c16-12-1-3-14(4-2-12)20-10-13(17-18-20)9-19-7-5-11(6-8-19)15(21)22/h1-4,10-11H,5-9H2,(H,21,22). The first-order valence-corrected chi connectivity index (χ1v) is 7.62. The fraction of sp³-hybridized carbons (Fsp3) is 0.400. The third-order valence-electron chi connectivity index (χ3n) is 3.95. The summed E-state index contributed by atoms with van der Waals surface area (Å²) >= 11 is 5.87. The number of carboxylic acids is 1. The van der Waals surface area contributed by atoms with Gasteiger partial charge in [0.25, 0.3) is 0 Å². The van der Waals surface area contributed by atoms with Gasteiger partial charge in [0, 0.05) is 11.6 Å². The van der Waals surface area contributed by atoms with Gasteiger partial charge < -0.3 is 5.11 Å². The van der Waals surface area contributed by atoms with E-state index in [9.17, 15) is 4.79 Å². The first-order valence-electron chi connectivity index (χ1n) is 7.24. The van der Waals surface area contributed by atoms with Crippen molar-refractivity contribution in [1.82, 2.24) is 19.9 Å². The molecule has 0 amide bonds.